The Bertz CT molecular complexity index is 450. The fourth-order valence-electron chi connectivity index (χ4n) is 2.13. The number of nitro benzene ring substituents is 1. The molecule has 18 heavy (non-hydrogen) atoms. The van der Waals surface area contributed by atoms with Gasteiger partial charge in [0.15, 0.2) is 5.75 Å². The van der Waals surface area contributed by atoms with Crippen molar-refractivity contribution in [2.24, 2.45) is 0 Å². The third kappa shape index (κ3) is 3.13. The Balaban J connectivity index is 0.00000162. The van der Waals surface area contributed by atoms with E-state index in [1.807, 2.05) is 0 Å². The van der Waals surface area contributed by atoms with Crippen LogP contribution in [0.3, 0.4) is 0 Å². The maximum Gasteiger partial charge on any atom is 0.312 e. The minimum atomic E-state index is -0.563. The van der Waals surface area contributed by atoms with E-state index >= 15 is 0 Å². The summed E-state index contributed by atoms with van der Waals surface area (Å²) in [5.41, 5.74) is 0.354. The molecule has 0 spiro atoms. The van der Waals surface area contributed by atoms with Gasteiger partial charge in [-0.1, -0.05) is 22.4 Å². The van der Waals surface area contributed by atoms with E-state index in [2.05, 4.69) is 21.2 Å². The van der Waals surface area contributed by atoms with Gasteiger partial charge in [0, 0.05) is 22.1 Å². The first-order chi connectivity index (χ1) is 8.09. The van der Waals surface area contributed by atoms with Crippen molar-refractivity contribution >= 4 is 34.0 Å². The van der Waals surface area contributed by atoms with Gasteiger partial charge in [0.05, 0.1) is 4.92 Å². The lowest BCUT2D eigenvalue weighted by Crippen LogP contribution is -2.26. The zero-order valence-corrected chi connectivity index (χ0v) is 12.0. The monoisotopic (exact) mass is 336 g/mol. The van der Waals surface area contributed by atoms with Gasteiger partial charge in [-0.15, -0.1) is 12.4 Å². The Morgan fingerprint density at radius 3 is 2.72 bits per heavy atom. The lowest BCUT2D eigenvalue weighted by molar-refractivity contribution is -0.386. The fourth-order valence-corrected chi connectivity index (χ4v) is 2.59. The lowest BCUT2D eigenvalue weighted by Gasteiger charge is -2.24. The molecule has 100 valence electrons. The average molecular weight is 338 g/mol. The van der Waals surface area contributed by atoms with Crippen LogP contribution in [0.1, 0.15) is 30.9 Å². The molecule has 1 aliphatic rings. The summed E-state index contributed by atoms with van der Waals surface area (Å²) in [6, 6.07) is 3.06. The molecular formula is C11H14BrClN2O3. The van der Waals surface area contributed by atoms with Crippen molar-refractivity contribution < 1.29 is 10.0 Å². The number of phenols is 1. The van der Waals surface area contributed by atoms with E-state index in [0.717, 1.165) is 25.8 Å². The number of halogens is 2. The van der Waals surface area contributed by atoms with E-state index in [1.54, 1.807) is 6.07 Å². The number of rotatable bonds is 2. The molecule has 5 nitrogen and oxygen atoms in total. The van der Waals surface area contributed by atoms with Crippen molar-refractivity contribution in [2.75, 3.05) is 6.54 Å². The highest BCUT2D eigenvalue weighted by Gasteiger charge is 2.24. The van der Waals surface area contributed by atoms with Gasteiger partial charge in [-0.05, 0) is 25.5 Å². The molecule has 1 aromatic rings. The maximum atomic E-state index is 10.8. The second-order valence-electron chi connectivity index (χ2n) is 4.12. The Morgan fingerprint density at radius 1 is 1.44 bits per heavy atom. The number of hydrogen-bond acceptors (Lipinski definition) is 4. The third-order valence-electron chi connectivity index (χ3n) is 2.97. The lowest BCUT2D eigenvalue weighted by atomic mass is 9.96. The number of nitro groups is 1. The Morgan fingerprint density at radius 2 is 2.17 bits per heavy atom. The van der Waals surface area contributed by atoms with Gasteiger partial charge in [0.1, 0.15) is 0 Å². The van der Waals surface area contributed by atoms with Gasteiger partial charge in [-0.2, -0.15) is 0 Å². The standard InChI is InChI=1S/C11H13BrN2O3.ClH/c12-7-5-8(9-3-1-2-4-13-9)11(15)10(6-7)14(16)17;/h5-6,9,13,15H,1-4H2;1H/t9-;/m1./s1. The van der Waals surface area contributed by atoms with Gasteiger partial charge in [-0.3, -0.25) is 10.1 Å². The smallest absolute Gasteiger partial charge is 0.312 e. The zero-order chi connectivity index (χ0) is 12.4. The summed E-state index contributed by atoms with van der Waals surface area (Å²) in [6.45, 7) is 0.879. The second kappa shape index (κ2) is 6.36. The van der Waals surface area contributed by atoms with Crippen molar-refractivity contribution in [2.45, 2.75) is 25.3 Å². The number of nitrogens with one attached hydrogen (secondary N) is 1. The summed E-state index contributed by atoms with van der Waals surface area (Å²) in [5, 5.41) is 24.0. The first-order valence-corrected chi connectivity index (χ1v) is 6.29. The van der Waals surface area contributed by atoms with Crippen LogP contribution < -0.4 is 5.32 Å². The van der Waals surface area contributed by atoms with Gasteiger partial charge < -0.3 is 10.4 Å². The molecule has 0 aliphatic carbocycles. The molecule has 1 atom stereocenters. The van der Waals surface area contributed by atoms with Crippen LogP contribution in [0.15, 0.2) is 16.6 Å². The molecule has 1 fully saturated rings. The molecule has 0 unspecified atom stereocenters. The molecule has 0 aromatic heterocycles. The van der Waals surface area contributed by atoms with Crippen molar-refractivity contribution in [1.82, 2.24) is 5.32 Å². The van der Waals surface area contributed by atoms with Crippen LogP contribution in [-0.2, 0) is 0 Å². The first kappa shape index (κ1) is 15.2. The number of aromatic hydroxyl groups is 1. The zero-order valence-electron chi connectivity index (χ0n) is 9.56. The van der Waals surface area contributed by atoms with E-state index in [1.165, 1.54) is 6.07 Å². The number of benzene rings is 1. The van der Waals surface area contributed by atoms with E-state index in [9.17, 15) is 15.2 Å². The number of phenolic OH excluding ortho intramolecular Hbond substituents is 1. The van der Waals surface area contributed by atoms with E-state index in [4.69, 9.17) is 0 Å². The molecule has 0 bridgehead atoms. The minimum absolute atomic E-state index is 0. The summed E-state index contributed by atoms with van der Waals surface area (Å²) in [6.07, 6.45) is 3.06. The van der Waals surface area contributed by atoms with Crippen LogP contribution in [0.5, 0.6) is 5.75 Å². The van der Waals surface area contributed by atoms with E-state index < -0.39 is 4.92 Å². The van der Waals surface area contributed by atoms with Gasteiger partial charge in [0.2, 0.25) is 0 Å². The van der Waals surface area contributed by atoms with Gasteiger partial charge in [0.25, 0.3) is 0 Å². The van der Waals surface area contributed by atoms with Crippen LogP contribution in [0.2, 0.25) is 0 Å². The highest BCUT2D eigenvalue weighted by atomic mass is 79.9. The Kier molecular flexibility index (Phi) is 5.37. The van der Waals surface area contributed by atoms with Crippen LogP contribution in [0.4, 0.5) is 5.69 Å². The fraction of sp³-hybridized carbons (Fsp3) is 0.455. The predicted molar refractivity (Wildman–Crippen MR) is 74.3 cm³/mol. The van der Waals surface area contributed by atoms with Gasteiger partial charge >= 0.3 is 5.69 Å². The van der Waals surface area contributed by atoms with Crippen molar-refractivity contribution in [3.8, 4) is 5.75 Å². The number of hydrogen-bond donors (Lipinski definition) is 2. The van der Waals surface area contributed by atoms with Crippen LogP contribution in [0, 0.1) is 10.1 Å². The quantitative estimate of drug-likeness (QED) is 0.641. The number of piperidine rings is 1. The normalized spacial score (nSPS) is 19.1. The van der Waals surface area contributed by atoms with Crippen molar-refractivity contribution in [1.29, 1.82) is 0 Å². The maximum absolute atomic E-state index is 10.8. The highest BCUT2D eigenvalue weighted by molar-refractivity contribution is 9.10. The molecule has 0 radical (unpaired) electrons. The molecule has 2 rings (SSSR count). The summed E-state index contributed by atoms with van der Waals surface area (Å²) in [5.74, 6) is -0.224. The summed E-state index contributed by atoms with van der Waals surface area (Å²) < 4.78 is 0.615. The molecule has 7 heteroatoms. The van der Waals surface area contributed by atoms with Gasteiger partial charge in [-0.25, -0.2) is 0 Å². The van der Waals surface area contributed by atoms with Crippen molar-refractivity contribution in [3.63, 3.8) is 0 Å². The van der Waals surface area contributed by atoms with E-state index in [-0.39, 0.29) is 29.9 Å². The topological polar surface area (TPSA) is 75.4 Å². The third-order valence-corrected chi connectivity index (χ3v) is 3.42. The molecule has 1 aliphatic heterocycles. The van der Waals surface area contributed by atoms with Crippen molar-refractivity contribution in [3.05, 3.63) is 32.3 Å². The Hall–Kier alpha value is -0.850. The summed E-state index contributed by atoms with van der Waals surface area (Å²) in [4.78, 5) is 10.3. The molecule has 1 aromatic carbocycles. The van der Waals surface area contributed by atoms with E-state index in [0.29, 0.717) is 10.0 Å². The first-order valence-electron chi connectivity index (χ1n) is 5.50. The Labute approximate surface area is 119 Å². The molecule has 1 saturated heterocycles. The second-order valence-corrected chi connectivity index (χ2v) is 5.04. The summed E-state index contributed by atoms with van der Waals surface area (Å²) in [7, 11) is 0. The molecular weight excluding hydrogens is 323 g/mol. The SMILES string of the molecule is Cl.O=[N+]([O-])c1cc(Br)cc([C@H]2CCCCN2)c1O. The predicted octanol–water partition coefficient (Wildman–Crippen LogP) is 3.30. The molecule has 1 heterocycles. The molecule has 0 saturated carbocycles. The highest BCUT2D eigenvalue weighted by Crippen LogP contribution is 2.38. The van der Waals surface area contributed by atoms with Crippen LogP contribution >= 0.6 is 28.3 Å². The van der Waals surface area contributed by atoms with Crippen LogP contribution in [-0.4, -0.2) is 16.6 Å². The molecule has 2 N–H and O–H groups in total. The number of nitrogens with zero attached hydrogens (tertiary/aromatic N) is 1. The summed E-state index contributed by atoms with van der Waals surface area (Å²) >= 11 is 3.24. The largest absolute Gasteiger partial charge is 0.502 e. The average Bonchev–Trinajstić information content (AvgIpc) is 2.32. The minimum Gasteiger partial charge on any atom is -0.502 e. The molecule has 0 amide bonds. The van der Waals surface area contributed by atoms with Crippen LogP contribution in [0.25, 0.3) is 0 Å².